The van der Waals surface area contributed by atoms with Crippen LogP contribution in [-0.2, 0) is 6.42 Å². The van der Waals surface area contributed by atoms with Crippen molar-refractivity contribution in [3.05, 3.63) is 16.3 Å². The number of hydrogen-bond acceptors (Lipinski definition) is 3. The fourth-order valence-corrected chi connectivity index (χ4v) is 2.14. The summed E-state index contributed by atoms with van der Waals surface area (Å²) in [5, 5.41) is 6.67. The number of H-pyrrole nitrogens is 1. The third kappa shape index (κ3) is 2.35. The third-order valence-corrected chi connectivity index (χ3v) is 3.32. The molecule has 1 fully saturated rings. The molecule has 1 heterocycles. The van der Waals surface area contributed by atoms with E-state index in [2.05, 4.69) is 10.2 Å². The van der Waals surface area contributed by atoms with Crippen LogP contribution in [0.5, 0.6) is 0 Å². The quantitative estimate of drug-likeness (QED) is 0.707. The average Bonchev–Trinajstić information content (AvgIpc) is 2.54. The Balaban J connectivity index is 1.95. The van der Waals surface area contributed by atoms with Gasteiger partial charge in [0.05, 0.1) is 0 Å². The van der Waals surface area contributed by atoms with E-state index in [4.69, 9.17) is 5.73 Å². The Bertz CT molecular complexity index is 378. The zero-order chi connectivity index (χ0) is 11.4. The van der Waals surface area contributed by atoms with E-state index in [-0.39, 0.29) is 5.69 Å². The molecule has 90 valence electrons. The number of aryl methyl sites for hydroxylation is 1. The van der Waals surface area contributed by atoms with Crippen molar-refractivity contribution >= 4 is 0 Å². The van der Waals surface area contributed by atoms with Crippen molar-refractivity contribution in [1.82, 2.24) is 14.8 Å². The number of rotatable bonds is 6. The van der Waals surface area contributed by atoms with E-state index < -0.39 is 0 Å². The lowest BCUT2D eigenvalue weighted by Crippen LogP contribution is -2.28. The van der Waals surface area contributed by atoms with E-state index in [0.29, 0.717) is 6.04 Å². The van der Waals surface area contributed by atoms with Gasteiger partial charge in [-0.25, -0.2) is 9.89 Å². The minimum Gasteiger partial charge on any atom is -0.330 e. The summed E-state index contributed by atoms with van der Waals surface area (Å²) >= 11 is 0. The summed E-state index contributed by atoms with van der Waals surface area (Å²) in [6.07, 6.45) is 7.59. The molecule has 16 heavy (non-hydrogen) atoms. The smallest absolute Gasteiger partial charge is 0.330 e. The van der Waals surface area contributed by atoms with Crippen molar-refractivity contribution in [3.63, 3.8) is 0 Å². The van der Waals surface area contributed by atoms with Crippen molar-refractivity contribution in [2.24, 2.45) is 5.73 Å². The van der Waals surface area contributed by atoms with Gasteiger partial charge < -0.3 is 5.73 Å². The van der Waals surface area contributed by atoms with Crippen LogP contribution >= 0.6 is 0 Å². The predicted molar refractivity (Wildman–Crippen MR) is 62.3 cm³/mol. The molecule has 5 nitrogen and oxygen atoms in total. The van der Waals surface area contributed by atoms with Crippen molar-refractivity contribution in [2.75, 3.05) is 6.54 Å². The Morgan fingerprint density at radius 1 is 1.38 bits per heavy atom. The largest absolute Gasteiger partial charge is 0.343 e. The molecule has 0 radical (unpaired) electrons. The normalized spacial score (nSPS) is 16.3. The highest BCUT2D eigenvalue weighted by Crippen LogP contribution is 2.30. The Morgan fingerprint density at radius 3 is 2.81 bits per heavy atom. The lowest BCUT2D eigenvalue weighted by Gasteiger charge is -2.26. The monoisotopic (exact) mass is 224 g/mol. The Labute approximate surface area is 95.0 Å². The lowest BCUT2D eigenvalue weighted by atomic mass is 9.93. The summed E-state index contributed by atoms with van der Waals surface area (Å²) in [4.78, 5) is 11.6. The molecule has 1 aromatic heterocycles. The molecule has 1 aliphatic carbocycles. The summed E-state index contributed by atoms with van der Waals surface area (Å²) in [6, 6.07) is 0.399. The maximum Gasteiger partial charge on any atom is 0.343 e. The fraction of sp³-hybridized carbons (Fsp3) is 0.818. The van der Waals surface area contributed by atoms with Crippen LogP contribution in [0.1, 0.15) is 50.4 Å². The van der Waals surface area contributed by atoms with Crippen molar-refractivity contribution in [2.45, 2.75) is 51.0 Å². The van der Waals surface area contributed by atoms with Gasteiger partial charge in [0.15, 0.2) is 0 Å². The number of aromatic nitrogens is 3. The number of hydrogen-bond donors (Lipinski definition) is 2. The van der Waals surface area contributed by atoms with Gasteiger partial charge in [-0.1, -0.05) is 6.42 Å². The maximum absolute atomic E-state index is 11.6. The summed E-state index contributed by atoms with van der Waals surface area (Å²) in [5.74, 6) is 0.923. The highest BCUT2D eigenvalue weighted by molar-refractivity contribution is 4.93. The van der Waals surface area contributed by atoms with Crippen molar-refractivity contribution < 1.29 is 0 Å². The number of unbranched alkanes of at least 4 members (excludes halogenated alkanes) is 2. The topological polar surface area (TPSA) is 76.7 Å². The van der Waals surface area contributed by atoms with Gasteiger partial charge in [0, 0.05) is 12.5 Å². The first-order chi connectivity index (χ1) is 7.83. The standard InChI is InChI=1S/C11H20N4O/c12-8-3-1-2-7-10-13-14-11(16)15(10)9-5-4-6-9/h9H,1-8,12H2,(H,14,16). The summed E-state index contributed by atoms with van der Waals surface area (Å²) < 4.78 is 1.85. The molecule has 0 atom stereocenters. The SMILES string of the molecule is NCCCCCc1n[nH]c(=O)n1C1CCC1. The lowest BCUT2D eigenvalue weighted by molar-refractivity contribution is 0.299. The van der Waals surface area contributed by atoms with Crippen LogP contribution in [0.15, 0.2) is 4.79 Å². The van der Waals surface area contributed by atoms with Crippen molar-refractivity contribution in [1.29, 1.82) is 0 Å². The molecule has 1 aromatic rings. The number of nitrogens with one attached hydrogen (secondary N) is 1. The molecule has 0 aromatic carbocycles. The Morgan fingerprint density at radius 2 is 2.19 bits per heavy atom. The Hall–Kier alpha value is -1.10. The minimum absolute atomic E-state index is 0.0430. The molecule has 2 rings (SSSR count). The van der Waals surface area contributed by atoms with Gasteiger partial charge in [-0.3, -0.25) is 4.57 Å². The van der Waals surface area contributed by atoms with Crippen molar-refractivity contribution in [3.8, 4) is 0 Å². The molecule has 0 saturated heterocycles. The van der Waals surface area contributed by atoms with Gasteiger partial charge >= 0.3 is 5.69 Å². The molecule has 0 spiro atoms. The minimum atomic E-state index is -0.0430. The van der Waals surface area contributed by atoms with E-state index in [9.17, 15) is 4.79 Å². The highest BCUT2D eigenvalue weighted by Gasteiger charge is 2.23. The van der Waals surface area contributed by atoms with E-state index in [1.165, 1.54) is 6.42 Å². The van der Waals surface area contributed by atoms with Crippen LogP contribution in [0.25, 0.3) is 0 Å². The van der Waals surface area contributed by atoms with Gasteiger partial charge in [0.1, 0.15) is 5.82 Å². The van der Waals surface area contributed by atoms with Crippen LogP contribution in [0.2, 0.25) is 0 Å². The van der Waals surface area contributed by atoms with Crippen LogP contribution in [0.3, 0.4) is 0 Å². The van der Waals surface area contributed by atoms with Gasteiger partial charge in [0.25, 0.3) is 0 Å². The van der Waals surface area contributed by atoms with Crippen LogP contribution in [-0.4, -0.2) is 21.3 Å². The summed E-state index contributed by atoms with van der Waals surface area (Å²) in [7, 11) is 0. The fourth-order valence-electron chi connectivity index (χ4n) is 2.14. The molecule has 0 aliphatic heterocycles. The molecule has 5 heteroatoms. The van der Waals surface area contributed by atoms with E-state index in [0.717, 1.165) is 50.9 Å². The zero-order valence-electron chi connectivity index (χ0n) is 9.61. The Kier molecular flexibility index (Phi) is 3.77. The molecule has 3 N–H and O–H groups in total. The van der Waals surface area contributed by atoms with E-state index >= 15 is 0 Å². The average molecular weight is 224 g/mol. The molecule has 1 aliphatic rings. The second-order valence-corrected chi connectivity index (χ2v) is 4.50. The van der Waals surface area contributed by atoms with Gasteiger partial charge in [-0.15, -0.1) is 0 Å². The van der Waals surface area contributed by atoms with Gasteiger partial charge in [-0.2, -0.15) is 5.10 Å². The van der Waals surface area contributed by atoms with E-state index in [1.807, 2.05) is 4.57 Å². The second-order valence-electron chi connectivity index (χ2n) is 4.50. The highest BCUT2D eigenvalue weighted by atomic mass is 16.1. The summed E-state index contributed by atoms with van der Waals surface area (Å²) in [6.45, 7) is 0.746. The number of nitrogens with zero attached hydrogens (tertiary/aromatic N) is 2. The predicted octanol–water partition coefficient (Wildman–Crippen LogP) is 0.968. The first-order valence-electron chi connectivity index (χ1n) is 6.19. The number of aromatic amines is 1. The van der Waals surface area contributed by atoms with Crippen LogP contribution in [0.4, 0.5) is 0 Å². The van der Waals surface area contributed by atoms with Crippen LogP contribution < -0.4 is 11.4 Å². The third-order valence-electron chi connectivity index (χ3n) is 3.32. The first kappa shape index (κ1) is 11.4. The van der Waals surface area contributed by atoms with Gasteiger partial charge in [0.2, 0.25) is 0 Å². The maximum atomic E-state index is 11.6. The second kappa shape index (κ2) is 5.30. The molecule has 1 saturated carbocycles. The number of nitrogens with two attached hydrogens (primary N) is 1. The zero-order valence-corrected chi connectivity index (χ0v) is 9.61. The molecular weight excluding hydrogens is 204 g/mol. The first-order valence-corrected chi connectivity index (χ1v) is 6.19. The molecular formula is C11H20N4O. The molecule has 0 unspecified atom stereocenters. The summed E-state index contributed by atoms with van der Waals surface area (Å²) in [5.41, 5.74) is 5.40. The van der Waals surface area contributed by atoms with Crippen LogP contribution in [0, 0.1) is 0 Å². The molecule has 0 bridgehead atoms. The van der Waals surface area contributed by atoms with E-state index in [1.54, 1.807) is 0 Å². The van der Waals surface area contributed by atoms with Gasteiger partial charge in [-0.05, 0) is 38.6 Å². The molecule has 0 amide bonds.